The van der Waals surface area contributed by atoms with Crippen molar-refractivity contribution in [3.63, 3.8) is 0 Å². The third-order valence-electron chi connectivity index (χ3n) is 10.4. The Hall–Kier alpha value is -3.68. The number of carboxylic acid groups (broad SMARTS) is 1. The molecule has 4 aliphatic rings. The zero-order valence-electron chi connectivity index (χ0n) is 25.3. The van der Waals surface area contributed by atoms with Crippen molar-refractivity contribution in [2.24, 2.45) is 17.3 Å². The van der Waals surface area contributed by atoms with E-state index in [2.05, 4.69) is 18.8 Å². The number of aromatic carboxylic acids is 1. The molecule has 8 heteroatoms. The molecule has 6 rings (SSSR count). The summed E-state index contributed by atoms with van der Waals surface area (Å²) in [6, 6.07) is 7.34. The van der Waals surface area contributed by atoms with E-state index >= 15 is 0 Å². The molecular weight excluding hydrogens is 532 g/mol. The van der Waals surface area contributed by atoms with E-state index in [1.54, 1.807) is 20.1 Å². The number of ether oxygens (including phenoxy) is 2. The average molecular weight is 573 g/mol. The first kappa shape index (κ1) is 28.4. The van der Waals surface area contributed by atoms with Crippen molar-refractivity contribution in [3.8, 4) is 17.0 Å². The number of allylic oxidation sites excluding steroid dienone is 2. The molecule has 222 valence electrons. The largest absolute Gasteiger partial charge is 0.496 e. The van der Waals surface area contributed by atoms with Crippen molar-refractivity contribution >= 4 is 17.7 Å². The summed E-state index contributed by atoms with van der Waals surface area (Å²) >= 11 is 0. The number of fused-ring (bicyclic) bond motifs is 1. The number of rotatable bonds is 5. The number of aryl methyl sites for hydroxylation is 1. The van der Waals surface area contributed by atoms with Crippen LogP contribution in [0.25, 0.3) is 11.3 Å². The van der Waals surface area contributed by atoms with E-state index in [0.717, 1.165) is 48.1 Å². The number of methoxy groups -OCH3 is 1. The lowest BCUT2D eigenvalue weighted by atomic mass is 9.57. The minimum absolute atomic E-state index is 0.00235. The molecule has 1 amide bonds. The lowest BCUT2D eigenvalue weighted by molar-refractivity contribution is -0.155. The Labute approximate surface area is 247 Å². The molecule has 2 aliphatic heterocycles. The molecule has 1 aromatic carbocycles. The molecule has 0 radical (unpaired) electrons. The average Bonchev–Trinajstić information content (AvgIpc) is 2.93. The Balaban J connectivity index is 1.57. The van der Waals surface area contributed by atoms with Crippen molar-refractivity contribution in [2.45, 2.75) is 84.3 Å². The second kappa shape index (κ2) is 10.2. The number of ketones is 1. The lowest BCUT2D eigenvalue weighted by Crippen LogP contribution is -2.58. The zero-order chi connectivity index (χ0) is 30.1. The van der Waals surface area contributed by atoms with Gasteiger partial charge in [0.1, 0.15) is 17.6 Å². The van der Waals surface area contributed by atoms with Crippen LogP contribution in [-0.4, -0.2) is 59.0 Å². The number of hydrogen-bond acceptors (Lipinski definition) is 6. The summed E-state index contributed by atoms with van der Waals surface area (Å²) in [6.07, 6.45) is 4.73. The third kappa shape index (κ3) is 4.33. The van der Waals surface area contributed by atoms with Crippen molar-refractivity contribution in [1.82, 2.24) is 9.88 Å². The highest BCUT2D eigenvalue weighted by atomic mass is 16.5. The van der Waals surface area contributed by atoms with Crippen LogP contribution in [0.2, 0.25) is 0 Å². The number of amides is 1. The fraction of sp³-hybridized carbons (Fsp3) is 0.529. The summed E-state index contributed by atoms with van der Waals surface area (Å²) in [6.45, 7) is 7.93. The Morgan fingerprint density at radius 2 is 1.88 bits per heavy atom. The van der Waals surface area contributed by atoms with Crippen molar-refractivity contribution in [2.75, 3.05) is 14.2 Å². The van der Waals surface area contributed by atoms with Gasteiger partial charge in [0.15, 0.2) is 11.5 Å². The fourth-order valence-corrected chi connectivity index (χ4v) is 8.00. The minimum atomic E-state index is -1.09. The number of benzene rings is 1. The molecular formula is C34H40N2O6. The number of likely N-dealkylation sites (tertiary alicyclic amines) is 1. The summed E-state index contributed by atoms with van der Waals surface area (Å²) in [4.78, 5) is 46.6. The number of aromatic nitrogens is 1. The summed E-state index contributed by atoms with van der Waals surface area (Å²) < 4.78 is 12.6. The molecule has 8 nitrogen and oxygen atoms in total. The molecule has 2 fully saturated rings. The van der Waals surface area contributed by atoms with Gasteiger partial charge in [-0.3, -0.25) is 9.59 Å². The molecule has 2 aliphatic carbocycles. The Bertz CT molecular complexity index is 1520. The van der Waals surface area contributed by atoms with Gasteiger partial charge in [-0.25, -0.2) is 9.78 Å². The summed E-state index contributed by atoms with van der Waals surface area (Å²) in [5.41, 5.74) is 4.02. The van der Waals surface area contributed by atoms with E-state index in [0.29, 0.717) is 35.4 Å². The van der Waals surface area contributed by atoms with E-state index in [-0.39, 0.29) is 40.9 Å². The molecule has 4 atom stereocenters. The smallest absolute Gasteiger partial charge is 0.354 e. The predicted molar refractivity (Wildman–Crippen MR) is 157 cm³/mol. The number of Topliss-reactive ketones (excluding diaryl/α,β-unsaturated/α-hetero) is 1. The van der Waals surface area contributed by atoms with Crippen LogP contribution in [0.5, 0.6) is 5.75 Å². The standard InChI is InChI=1S/C34H40N2O6/c1-17(2)22-14-25-29(32(38)36(22)5)30(28-23(37)15-34(12-7-13-34)16-26(28)42-25)27-19(4)20(9-11-24(27)41-6)21-10-8-18(3)31(35-21)33(39)40/h8-11,17,22,25,29-30H,7,12-16H2,1-6H3,(H,39,40)/t22-,25-,29-,30-/m0/s1. The number of carbonyl (C=O) groups excluding carboxylic acids is 2. The quantitative estimate of drug-likeness (QED) is 0.479. The van der Waals surface area contributed by atoms with Crippen LogP contribution < -0.4 is 4.74 Å². The van der Waals surface area contributed by atoms with Crippen LogP contribution in [0.15, 0.2) is 35.6 Å². The van der Waals surface area contributed by atoms with Crippen LogP contribution in [0.3, 0.4) is 0 Å². The van der Waals surface area contributed by atoms with Crippen molar-refractivity contribution < 1.29 is 29.0 Å². The molecule has 1 saturated heterocycles. The molecule has 42 heavy (non-hydrogen) atoms. The van der Waals surface area contributed by atoms with Gasteiger partial charge in [0.05, 0.1) is 18.7 Å². The van der Waals surface area contributed by atoms with E-state index in [1.807, 2.05) is 37.1 Å². The molecule has 2 aromatic rings. The highest BCUT2D eigenvalue weighted by Gasteiger charge is 2.56. The van der Waals surface area contributed by atoms with Crippen molar-refractivity contribution in [3.05, 3.63) is 58.0 Å². The summed E-state index contributed by atoms with van der Waals surface area (Å²) in [5, 5.41) is 9.73. The molecule has 1 aromatic heterocycles. The molecule has 3 heterocycles. The first-order valence-electron chi connectivity index (χ1n) is 15.0. The molecule has 0 unspecified atom stereocenters. The Morgan fingerprint density at radius 3 is 2.50 bits per heavy atom. The topological polar surface area (TPSA) is 106 Å². The lowest BCUT2D eigenvalue weighted by Gasteiger charge is -2.53. The second-order valence-corrected chi connectivity index (χ2v) is 13.1. The van der Waals surface area contributed by atoms with Gasteiger partial charge in [0, 0.05) is 55.0 Å². The van der Waals surface area contributed by atoms with Gasteiger partial charge >= 0.3 is 5.97 Å². The maximum absolute atomic E-state index is 14.3. The molecule has 1 N–H and O–H groups in total. The number of pyridine rings is 1. The number of carboxylic acids is 1. The summed E-state index contributed by atoms with van der Waals surface area (Å²) in [7, 11) is 3.47. The molecule has 1 saturated carbocycles. The predicted octanol–water partition coefficient (Wildman–Crippen LogP) is 5.84. The Morgan fingerprint density at radius 1 is 1.14 bits per heavy atom. The first-order chi connectivity index (χ1) is 20.0. The maximum Gasteiger partial charge on any atom is 0.354 e. The van der Waals surface area contributed by atoms with Crippen LogP contribution in [0, 0.1) is 31.1 Å². The first-order valence-corrected chi connectivity index (χ1v) is 15.0. The number of hydrogen-bond donors (Lipinski definition) is 1. The number of carbonyl (C=O) groups is 3. The minimum Gasteiger partial charge on any atom is -0.496 e. The molecule has 1 spiro atoms. The van der Waals surface area contributed by atoms with E-state index in [1.165, 1.54) is 0 Å². The summed E-state index contributed by atoms with van der Waals surface area (Å²) in [5.74, 6) is -0.545. The van der Waals surface area contributed by atoms with Crippen LogP contribution in [0.1, 0.15) is 85.5 Å². The zero-order valence-corrected chi connectivity index (χ0v) is 25.3. The Kier molecular flexibility index (Phi) is 6.94. The molecule has 0 bridgehead atoms. The van der Waals surface area contributed by atoms with Gasteiger partial charge in [-0.15, -0.1) is 0 Å². The van der Waals surface area contributed by atoms with Crippen LogP contribution in [-0.2, 0) is 14.3 Å². The van der Waals surface area contributed by atoms with Crippen LogP contribution in [0.4, 0.5) is 0 Å². The van der Waals surface area contributed by atoms with E-state index in [9.17, 15) is 19.5 Å². The van der Waals surface area contributed by atoms with Gasteiger partial charge in [0.25, 0.3) is 0 Å². The maximum atomic E-state index is 14.3. The highest BCUT2D eigenvalue weighted by molar-refractivity contribution is 6.01. The van der Waals surface area contributed by atoms with Crippen molar-refractivity contribution in [1.29, 1.82) is 0 Å². The van der Waals surface area contributed by atoms with Gasteiger partial charge in [0.2, 0.25) is 5.91 Å². The third-order valence-corrected chi connectivity index (χ3v) is 10.4. The van der Waals surface area contributed by atoms with Gasteiger partial charge in [-0.1, -0.05) is 26.3 Å². The highest BCUT2D eigenvalue weighted by Crippen LogP contribution is 2.59. The number of nitrogens with zero attached hydrogens (tertiary/aromatic N) is 2. The van der Waals surface area contributed by atoms with Crippen LogP contribution >= 0.6 is 0 Å². The normalized spacial score (nSPS) is 26.5. The fourth-order valence-electron chi connectivity index (χ4n) is 8.00. The van der Waals surface area contributed by atoms with Gasteiger partial charge in [-0.2, -0.15) is 0 Å². The second-order valence-electron chi connectivity index (χ2n) is 13.1. The van der Waals surface area contributed by atoms with E-state index in [4.69, 9.17) is 9.47 Å². The van der Waals surface area contributed by atoms with Gasteiger partial charge < -0.3 is 19.5 Å². The number of piperidine rings is 1. The van der Waals surface area contributed by atoms with E-state index < -0.39 is 17.8 Å². The van der Waals surface area contributed by atoms with Gasteiger partial charge in [-0.05, 0) is 67.3 Å². The SMILES string of the molecule is COc1ccc(-c2ccc(C)c(C(=O)O)n2)c(C)c1[C@H]1C2=C(CC3(CCC3)CC2=O)O[C@H]2C[C@@H](C(C)C)N(C)C(=O)[C@@H]21. The monoisotopic (exact) mass is 572 g/mol.